The van der Waals surface area contributed by atoms with Gasteiger partial charge in [-0.25, -0.2) is 0 Å². The fraction of sp³-hybridized carbons (Fsp3) is 0.529. The predicted octanol–water partition coefficient (Wildman–Crippen LogP) is 1.75. The standard InChI is InChI=1S/C17H21N5O2/c1-12-5-7-14(8-6-12)22-16(18-19-20-22)21-10-13-4-3-9-17(13,11-21)15(23)24-2/h5-8,13H,3-4,9-11H2,1-2H3. The fourth-order valence-electron chi connectivity index (χ4n) is 4.21. The number of nitrogens with zero attached hydrogens (tertiary/aromatic N) is 5. The SMILES string of the molecule is COC(=O)C12CCCC1CN(c1nnnn1-c1ccc(C)cc1)C2. The fourth-order valence-corrected chi connectivity index (χ4v) is 4.21. The molecule has 0 amide bonds. The number of benzene rings is 1. The number of esters is 1. The second kappa shape index (κ2) is 5.58. The molecular formula is C17H21N5O2. The Kier molecular flexibility index (Phi) is 3.51. The lowest BCUT2D eigenvalue weighted by atomic mass is 9.81. The van der Waals surface area contributed by atoms with E-state index in [0.717, 1.165) is 31.5 Å². The van der Waals surface area contributed by atoms with Crippen LogP contribution in [0.1, 0.15) is 24.8 Å². The van der Waals surface area contributed by atoms with E-state index in [9.17, 15) is 4.79 Å². The van der Waals surface area contributed by atoms with E-state index < -0.39 is 5.41 Å². The van der Waals surface area contributed by atoms with Gasteiger partial charge in [0.05, 0.1) is 18.2 Å². The van der Waals surface area contributed by atoms with Crippen LogP contribution in [0.4, 0.5) is 5.95 Å². The highest BCUT2D eigenvalue weighted by Gasteiger charge is 2.56. The first kappa shape index (κ1) is 15.1. The Morgan fingerprint density at radius 3 is 2.88 bits per heavy atom. The third-order valence-corrected chi connectivity index (χ3v) is 5.48. The third kappa shape index (κ3) is 2.18. The van der Waals surface area contributed by atoms with Crippen molar-refractivity contribution in [3.63, 3.8) is 0 Å². The first-order valence-corrected chi connectivity index (χ1v) is 8.33. The average molecular weight is 327 g/mol. The van der Waals surface area contributed by atoms with Gasteiger partial charge in [-0.3, -0.25) is 4.79 Å². The Hall–Kier alpha value is -2.44. The summed E-state index contributed by atoms with van der Waals surface area (Å²) in [6.07, 6.45) is 3.02. The van der Waals surface area contributed by atoms with Gasteiger partial charge < -0.3 is 9.64 Å². The number of fused-ring (bicyclic) bond motifs is 1. The highest BCUT2D eigenvalue weighted by molar-refractivity contribution is 5.79. The van der Waals surface area contributed by atoms with Crippen molar-refractivity contribution in [3.8, 4) is 5.69 Å². The van der Waals surface area contributed by atoms with E-state index in [1.165, 1.54) is 12.7 Å². The molecule has 24 heavy (non-hydrogen) atoms. The summed E-state index contributed by atoms with van der Waals surface area (Å²) in [4.78, 5) is 14.5. The second-order valence-electron chi connectivity index (χ2n) is 6.84. The van der Waals surface area contributed by atoms with Gasteiger partial charge in [0.25, 0.3) is 0 Å². The van der Waals surface area contributed by atoms with Crippen LogP contribution >= 0.6 is 0 Å². The summed E-state index contributed by atoms with van der Waals surface area (Å²) in [5.41, 5.74) is 1.71. The van der Waals surface area contributed by atoms with Gasteiger partial charge in [0.1, 0.15) is 0 Å². The Bertz CT molecular complexity index is 757. The largest absolute Gasteiger partial charge is 0.469 e. The topological polar surface area (TPSA) is 73.1 Å². The minimum atomic E-state index is -0.404. The summed E-state index contributed by atoms with van der Waals surface area (Å²) < 4.78 is 6.85. The van der Waals surface area contributed by atoms with Gasteiger partial charge in [-0.1, -0.05) is 29.2 Å². The van der Waals surface area contributed by atoms with Gasteiger partial charge in [0.15, 0.2) is 0 Å². The molecule has 1 saturated heterocycles. The number of hydrogen-bond donors (Lipinski definition) is 0. The number of rotatable bonds is 3. The molecule has 126 valence electrons. The molecular weight excluding hydrogens is 306 g/mol. The monoisotopic (exact) mass is 327 g/mol. The van der Waals surface area contributed by atoms with E-state index in [0.29, 0.717) is 18.4 Å². The summed E-state index contributed by atoms with van der Waals surface area (Å²) in [5.74, 6) is 0.909. The number of carbonyl (C=O) groups excluding carboxylic acids is 1. The molecule has 2 heterocycles. The van der Waals surface area contributed by atoms with Crippen LogP contribution in [0, 0.1) is 18.3 Å². The van der Waals surface area contributed by atoms with Crippen LogP contribution in [0.5, 0.6) is 0 Å². The molecule has 7 heteroatoms. The van der Waals surface area contributed by atoms with Gasteiger partial charge in [0, 0.05) is 13.1 Å². The molecule has 2 unspecified atom stereocenters. The zero-order chi connectivity index (χ0) is 16.7. The molecule has 2 aromatic rings. The van der Waals surface area contributed by atoms with Crippen LogP contribution < -0.4 is 4.90 Å². The molecule has 2 aliphatic rings. The maximum atomic E-state index is 12.4. The van der Waals surface area contributed by atoms with Crippen molar-refractivity contribution in [1.82, 2.24) is 20.2 Å². The number of tetrazole rings is 1. The van der Waals surface area contributed by atoms with Gasteiger partial charge >= 0.3 is 5.97 Å². The molecule has 2 fully saturated rings. The van der Waals surface area contributed by atoms with Crippen LogP contribution in [0.15, 0.2) is 24.3 Å². The zero-order valence-corrected chi connectivity index (χ0v) is 14.0. The quantitative estimate of drug-likeness (QED) is 0.800. The van der Waals surface area contributed by atoms with Crippen LogP contribution in [-0.2, 0) is 9.53 Å². The van der Waals surface area contributed by atoms with E-state index >= 15 is 0 Å². The minimum Gasteiger partial charge on any atom is -0.469 e. The lowest BCUT2D eigenvalue weighted by molar-refractivity contribution is -0.152. The van der Waals surface area contributed by atoms with Gasteiger partial charge in [-0.15, -0.1) is 0 Å². The Morgan fingerprint density at radius 1 is 1.33 bits per heavy atom. The lowest BCUT2D eigenvalue weighted by Crippen LogP contribution is -2.37. The molecule has 1 aromatic carbocycles. The molecule has 1 aromatic heterocycles. The first-order chi connectivity index (χ1) is 11.6. The maximum absolute atomic E-state index is 12.4. The van der Waals surface area contributed by atoms with Crippen molar-refractivity contribution in [1.29, 1.82) is 0 Å². The highest BCUT2D eigenvalue weighted by atomic mass is 16.5. The Balaban J connectivity index is 1.66. The van der Waals surface area contributed by atoms with E-state index in [-0.39, 0.29) is 5.97 Å². The van der Waals surface area contributed by atoms with Gasteiger partial charge in [0.2, 0.25) is 5.95 Å². The summed E-state index contributed by atoms with van der Waals surface area (Å²) in [7, 11) is 1.48. The Morgan fingerprint density at radius 2 is 2.12 bits per heavy atom. The number of anilines is 1. The van der Waals surface area contributed by atoms with Crippen molar-refractivity contribution in [2.75, 3.05) is 25.1 Å². The number of hydrogen-bond acceptors (Lipinski definition) is 6. The molecule has 7 nitrogen and oxygen atoms in total. The van der Waals surface area contributed by atoms with Crippen LogP contribution in [0.3, 0.4) is 0 Å². The number of aromatic nitrogens is 4. The molecule has 4 rings (SSSR count). The number of ether oxygens (including phenoxy) is 1. The number of methoxy groups -OCH3 is 1. The molecule has 1 aliphatic carbocycles. The average Bonchev–Trinajstić information content (AvgIpc) is 3.28. The van der Waals surface area contributed by atoms with Crippen molar-refractivity contribution in [2.45, 2.75) is 26.2 Å². The molecule has 0 bridgehead atoms. The molecule has 1 saturated carbocycles. The van der Waals surface area contributed by atoms with E-state index in [1.807, 2.05) is 31.2 Å². The van der Waals surface area contributed by atoms with Crippen molar-refractivity contribution in [3.05, 3.63) is 29.8 Å². The van der Waals surface area contributed by atoms with Crippen molar-refractivity contribution < 1.29 is 9.53 Å². The summed E-state index contributed by atoms with van der Waals surface area (Å²) in [6, 6.07) is 8.08. The predicted molar refractivity (Wildman–Crippen MR) is 87.9 cm³/mol. The van der Waals surface area contributed by atoms with E-state index in [1.54, 1.807) is 4.68 Å². The molecule has 1 aliphatic heterocycles. The summed E-state index contributed by atoms with van der Waals surface area (Å²) >= 11 is 0. The van der Waals surface area contributed by atoms with Crippen LogP contribution in [0.25, 0.3) is 5.69 Å². The second-order valence-corrected chi connectivity index (χ2v) is 6.84. The molecule has 0 N–H and O–H groups in total. The van der Waals surface area contributed by atoms with Crippen molar-refractivity contribution >= 4 is 11.9 Å². The van der Waals surface area contributed by atoms with E-state index in [2.05, 4.69) is 20.4 Å². The normalized spacial score (nSPS) is 25.8. The maximum Gasteiger partial charge on any atom is 0.313 e. The van der Waals surface area contributed by atoms with Crippen LogP contribution in [-0.4, -0.2) is 46.4 Å². The van der Waals surface area contributed by atoms with Gasteiger partial charge in [-0.05, 0) is 48.2 Å². The minimum absolute atomic E-state index is 0.0955. The number of carbonyl (C=O) groups is 1. The zero-order valence-electron chi connectivity index (χ0n) is 14.0. The molecule has 0 radical (unpaired) electrons. The Labute approximate surface area is 140 Å². The number of aryl methyl sites for hydroxylation is 1. The molecule has 0 spiro atoms. The highest BCUT2D eigenvalue weighted by Crippen LogP contribution is 2.50. The summed E-state index contributed by atoms with van der Waals surface area (Å²) in [6.45, 7) is 3.46. The van der Waals surface area contributed by atoms with E-state index in [4.69, 9.17) is 4.74 Å². The first-order valence-electron chi connectivity index (χ1n) is 8.33. The molecule has 2 atom stereocenters. The lowest BCUT2D eigenvalue weighted by Gasteiger charge is -2.25. The third-order valence-electron chi connectivity index (χ3n) is 5.48. The van der Waals surface area contributed by atoms with Gasteiger partial charge in [-0.2, -0.15) is 4.68 Å². The van der Waals surface area contributed by atoms with Crippen LogP contribution in [0.2, 0.25) is 0 Å². The smallest absolute Gasteiger partial charge is 0.313 e. The summed E-state index contributed by atoms with van der Waals surface area (Å²) in [5, 5.41) is 12.2. The van der Waals surface area contributed by atoms with Crippen molar-refractivity contribution in [2.24, 2.45) is 11.3 Å².